The lowest BCUT2D eigenvalue weighted by Gasteiger charge is -2.45. The zero-order valence-corrected chi connectivity index (χ0v) is 36.3. The average molecular weight is 774 g/mol. The molecular weight excluding hydrogens is 712 g/mol. The third-order valence-corrected chi connectivity index (χ3v) is 24.7. The van der Waals surface area contributed by atoms with Crippen LogP contribution >= 0.6 is 22.9 Å². The van der Waals surface area contributed by atoms with E-state index in [1.54, 1.807) is 12.3 Å². The van der Waals surface area contributed by atoms with Crippen LogP contribution < -0.4 is 5.32 Å². The fraction of sp³-hybridized carbons (Fsp3) is 0.641. The van der Waals surface area contributed by atoms with Gasteiger partial charge < -0.3 is 19.3 Å². The fourth-order valence-corrected chi connectivity index (χ4v) is 21.4. The molecular formula is C39H61ClN4O4SSi2. The van der Waals surface area contributed by atoms with Crippen molar-refractivity contribution >= 4 is 51.2 Å². The number of hydrogen-bond acceptors (Lipinski definition) is 9. The van der Waals surface area contributed by atoms with Crippen LogP contribution in [0.4, 0.5) is 5.82 Å². The second-order valence-electron chi connectivity index (χ2n) is 16.3. The Hall–Kier alpha value is -2.00. The summed E-state index contributed by atoms with van der Waals surface area (Å²) < 4.78 is 14.5. The third kappa shape index (κ3) is 8.71. The second-order valence-corrected chi connectivity index (χ2v) is 28.4. The van der Waals surface area contributed by atoms with Crippen molar-refractivity contribution in [3.8, 4) is 0 Å². The Morgan fingerprint density at radius 1 is 0.941 bits per heavy atom. The van der Waals surface area contributed by atoms with E-state index in [1.807, 2.05) is 23.6 Å². The maximum atomic E-state index is 14.2. The predicted molar refractivity (Wildman–Crippen MR) is 216 cm³/mol. The fourth-order valence-electron chi connectivity index (χ4n) is 9.24. The van der Waals surface area contributed by atoms with Gasteiger partial charge in [-0.3, -0.25) is 4.79 Å². The number of aliphatic hydroxyl groups is 1. The van der Waals surface area contributed by atoms with Gasteiger partial charge in [-0.1, -0.05) is 101 Å². The molecule has 0 amide bonds. The van der Waals surface area contributed by atoms with Crippen molar-refractivity contribution in [1.29, 1.82) is 0 Å². The van der Waals surface area contributed by atoms with Gasteiger partial charge in [0.15, 0.2) is 0 Å². The van der Waals surface area contributed by atoms with E-state index < -0.39 is 22.7 Å². The van der Waals surface area contributed by atoms with E-state index in [0.29, 0.717) is 54.7 Å². The Kier molecular flexibility index (Phi) is 14.3. The summed E-state index contributed by atoms with van der Waals surface area (Å²) in [6, 6.07) is 7.56. The minimum absolute atomic E-state index is 0.00134. The van der Waals surface area contributed by atoms with E-state index in [-0.39, 0.29) is 30.5 Å². The molecule has 4 atom stereocenters. The van der Waals surface area contributed by atoms with E-state index in [9.17, 15) is 9.90 Å². The molecule has 3 heterocycles. The number of ketones is 1. The molecule has 282 valence electrons. The molecule has 1 fully saturated rings. The zero-order chi connectivity index (χ0) is 37.8. The van der Waals surface area contributed by atoms with Crippen LogP contribution in [0.5, 0.6) is 0 Å². The molecule has 0 spiro atoms. The lowest BCUT2D eigenvalue weighted by Crippen LogP contribution is -2.51. The highest BCUT2D eigenvalue weighted by Gasteiger charge is 2.50. The molecule has 0 saturated heterocycles. The quantitative estimate of drug-likeness (QED) is 0.0793. The summed E-state index contributed by atoms with van der Waals surface area (Å²) in [5, 5.41) is 16.4. The lowest BCUT2D eigenvalue weighted by molar-refractivity contribution is 0.0941. The molecule has 0 aliphatic heterocycles. The van der Waals surface area contributed by atoms with Crippen molar-refractivity contribution in [2.75, 3.05) is 11.9 Å². The number of aromatic nitrogens is 3. The molecule has 3 aromatic rings. The number of carbonyl (C=O) groups is 1. The van der Waals surface area contributed by atoms with Crippen molar-refractivity contribution in [3.63, 3.8) is 0 Å². The first-order valence-corrected chi connectivity index (χ1v) is 24.3. The van der Waals surface area contributed by atoms with Gasteiger partial charge in [0, 0.05) is 24.8 Å². The summed E-state index contributed by atoms with van der Waals surface area (Å²) in [5.41, 5.74) is 4.47. The van der Waals surface area contributed by atoms with E-state index in [4.69, 9.17) is 25.4 Å². The van der Waals surface area contributed by atoms with Crippen LogP contribution in [0.15, 0.2) is 42.2 Å². The number of carbonyl (C=O) groups excluding carboxylic acids is 1. The predicted octanol–water partition coefficient (Wildman–Crippen LogP) is 10.8. The maximum Gasteiger partial charge on any atom is 0.208 e. The minimum Gasteiger partial charge on any atom is -0.413 e. The number of rotatable bonds is 17. The molecule has 2 N–H and O–H groups in total. The maximum absolute atomic E-state index is 14.2. The SMILES string of the molecule is CC(C)[Si](O[C@@H](c1csc(C(=O)c2cncnc2N[C@@H]2C[C@H](CO)[C@@H](O[Si](C(C)C)(C(C)C)C(C)C)C2)c1)c1cccc(Cl)n1)(C(C)C)C(C)C. The number of nitrogens with zero attached hydrogens (tertiary/aromatic N) is 3. The first kappa shape index (κ1) is 41.8. The van der Waals surface area contributed by atoms with E-state index >= 15 is 0 Å². The Morgan fingerprint density at radius 2 is 1.55 bits per heavy atom. The van der Waals surface area contributed by atoms with Gasteiger partial charge in [-0.05, 0) is 75.2 Å². The molecule has 3 aromatic heterocycles. The van der Waals surface area contributed by atoms with Crippen LogP contribution in [0.1, 0.15) is 129 Å². The topological polar surface area (TPSA) is 106 Å². The third-order valence-electron chi connectivity index (χ3n) is 11.4. The molecule has 1 saturated carbocycles. The lowest BCUT2D eigenvalue weighted by atomic mass is 10.1. The molecule has 1 aliphatic carbocycles. The minimum atomic E-state index is -2.35. The first-order valence-electron chi connectivity index (χ1n) is 18.8. The van der Waals surface area contributed by atoms with Crippen LogP contribution in [0.25, 0.3) is 0 Å². The standard InChI is InChI=1S/C39H61ClN4O4SSi2/c1-23(2)50(24(3)4,25(5)6)47-34-18-31(16-29(34)20-45)43-39-32(19-41-22-42-39)37(46)35-17-30(21-49-35)38(33-14-13-15-36(40)44-33)48-51(26(7)8,27(9)10)28(11)12/h13-15,17,19,21-29,31,34,38,45H,16,18,20H2,1-12H3,(H,41,42,43)/t29-,31-,34+,38+/m1/s1. The van der Waals surface area contributed by atoms with Crippen molar-refractivity contribution in [1.82, 2.24) is 15.0 Å². The van der Waals surface area contributed by atoms with Gasteiger partial charge in [0.25, 0.3) is 0 Å². The number of thiophene rings is 1. The van der Waals surface area contributed by atoms with Gasteiger partial charge in [0.2, 0.25) is 22.4 Å². The highest BCUT2D eigenvalue weighted by molar-refractivity contribution is 7.12. The first-order chi connectivity index (χ1) is 24.0. The summed E-state index contributed by atoms with van der Waals surface area (Å²) in [5.74, 6) is 0.367. The molecule has 0 radical (unpaired) electrons. The summed E-state index contributed by atoms with van der Waals surface area (Å²) in [6.45, 7) is 27.4. The van der Waals surface area contributed by atoms with E-state index in [0.717, 1.165) is 24.1 Å². The van der Waals surface area contributed by atoms with Gasteiger partial charge >= 0.3 is 0 Å². The summed E-state index contributed by atoms with van der Waals surface area (Å²) in [6.07, 6.45) is 4.03. The van der Waals surface area contributed by atoms with Gasteiger partial charge in [0.05, 0.1) is 22.2 Å². The normalized spacial score (nSPS) is 19.3. The number of pyridine rings is 1. The number of hydrogen-bond donors (Lipinski definition) is 2. The average Bonchev–Trinajstić information content (AvgIpc) is 3.70. The summed E-state index contributed by atoms with van der Waals surface area (Å²) in [4.78, 5) is 28.3. The van der Waals surface area contributed by atoms with Crippen LogP contribution in [-0.4, -0.2) is 61.2 Å². The summed E-state index contributed by atoms with van der Waals surface area (Å²) in [7, 11) is -4.50. The molecule has 0 aromatic carbocycles. The molecule has 51 heavy (non-hydrogen) atoms. The van der Waals surface area contributed by atoms with Crippen molar-refractivity contribution in [2.24, 2.45) is 5.92 Å². The number of anilines is 1. The highest BCUT2D eigenvalue weighted by Crippen LogP contribution is 2.48. The van der Waals surface area contributed by atoms with Gasteiger partial charge in [-0.2, -0.15) is 0 Å². The van der Waals surface area contributed by atoms with Crippen molar-refractivity contribution < 1.29 is 18.8 Å². The van der Waals surface area contributed by atoms with Crippen LogP contribution in [0.2, 0.25) is 38.4 Å². The molecule has 0 unspecified atom stereocenters. The molecule has 8 nitrogen and oxygen atoms in total. The highest BCUT2D eigenvalue weighted by atomic mass is 35.5. The number of aliphatic hydroxyl groups excluding tert-OH is 1. The summed E-state index contributed by atoms with van der Waals surface area (Å²) >= 11 is 7.80. The Bertz CT molecular complexity index is 1560. The number of nitrogens with one attached hydrogen (secondary N) is 1. The zero-order valence-electron chi connectivity index (χ0n) is 32.7. The largest absolute Gasteiger partial charge is 0.413 e. The van der Waals surface area contributed by atoms with E-state index in [2.05, 4.69) is 98.4 Å². The van der Waals surface area contributed by atoms with Crippen LogP contribution in [0, 0.1) is 5.92 Å². The number of halogens is 1. The van der Waals surface area contributed by atoms with Gasteiger partial charge in [-0.15, -0.1) is 11.3 Å². The van der Waals surface area contributed by atoms with Crippen LogP contribution in [0.3, 0.4) is 0 Å². The smallest absolute Gasteiger partial charge is 0.208 e. The Morgan fingerprint density at radius 3 is 2.10 bits per heavy atom. The second kappa shape index (κ2) is 17.4. The van der Waals surface area contributed by atoms with Crippen LogP contribution in [-0.2, 0) is 8.85 Å². The van der Waals surface area contributed by atoms with E-state index in [1.165, 1.54) is 17.7 Å². The Labute approximate surface area is 317 Å². The van der Waals surface area contributed by atoms with Gasteiger partial charge in [0.1, 0.15) is 23.4 Å². The monoisotopic (exact) mass is 772 g/mol. The molecule has 12 heteroatoms. The molecule has 0 bridgehead atoms. The van der Waals surface area contributed by atoms with Gasteiger partial charge in [-0.25, -0.2) is 15.0 Å². The molecule has 4 rings (SSSR count). The molecule has 1 aliphatic rings. The van der Waals surface area contributed by atoms with Crippen molar-refractivity contribution in [2.45, 2.75) is 147 Å². The van der Waals surface area contributed by atoms with Crippen molar-refractivity contribution in [3.05, 3.63) is 69.0 Å². The Balaban J connectivity index is 1.63.